The molecule has 0 unspecified atom stereocenters. The summed E-state index contributed by atoms with van der Waals surface area (Å²) in [6.45, 7) is 8.73. The lowest BCUT2D eigenvalue weighted by Gasteiger charge is -2.14. The Hall–Kier alpha value is -2.92. The van der Waals surface area contributed by atoms with Crippen LogP contribution in [0, 0.1) is 6.92 Å². The van der Waals surface area contributed by atoms with Gasteiger partial charge in [0.2, 0.25) is 0 Å². The van der Waals surface area contributed by atoms with Crippen molar-refractivity contribution in [2.24, 2.45) is 0 Å². The Morgan fingerprint density at radius 2 is 1.75 bits per heavy atom. The maximum Gasteiger partial charge on any atom is 0.251 e. The van der Waals surface area contributed by atoms with Gasteiger partial charge in [-0.25, -0.2) is 4.68 Å². The molecule has 5 heteroatoms. The van der Waals surface area contributed by atoms with E-state index < -0.39 is 0 Å². The Bertz CT molecular complexity index is 940. The van der Waals surface area contributed by atoms with E-state index in [0.717, 1.165) is 22.5 Å². The molecule has 0 radical (unpaired) electrons. The quantitative estimate of drug-likeness (QED) is 0.681. The number of para-hydroxylation sites is 1. The molecule has 0 fully saturated rings. The molecule has 2 aromatic carbocycles. The Kier molecular flexibility index (Phi) is 5.95. The number of aromatic nitrogens is 2. The van der Waals surface area contributed by atoms with E-state index in [2.05, 4.69) is 26.1 Å². The summed E-state index contributed by atoms with van der Waals surface area (Å²) in [6, 6.07) is 19.7. The summed E-state index contributed by atoms with van der Waals surface area (Å²) in [6.07, 6.45) is 0. The maximum absolute atomic E-state index is 12.5. The Morgan fingerprint density at radius 1 is 1.07 bits per heavy atom. The Labute approximate surface area is 166 Å². The zero-order valence-corrected chi connectivity index (χ0v) is 16.9. The fraction of sp³-hybridized carbons (Fsp3) is 0.304. The second kappa shape index (κ2) is 8.40. The van der Waals surface area contributed by atoms with E-state index in [0.29, 0.717) is 12.4 Å². The average Bonchev–Trinajstić information content (AvgIpc) is 3.07. The molecule has 1 aromatic heterocycles. The third-order valence-electron chi connectivity index (χ3n) is 4.43. The predicted octanol–water partition coefficient (Wildman–Crippen LogP) is 4.63. The average molecular weight is 377 g/mol. The van der Waals surface area contributed by atoms with Gasteiger partial charge >= 0.3 is 0 Å². The summed E-state index contributed by atoms with van der Waals surface area (Å²) in [4.78, 5) is 12.5. The predicted molar refractivity (Wildman–Crippen MR) is 112 cm³/mol. The van der Waals surface area contributed by atoms with Crippen LogP contribution in [0.4, 0.5) is 5.82 Å². The molecule has 28 heavy (non-hydrogen) atoms. The minimum Gasteiger partial charge on any atom is -0.367 e. The summed E-state index contributed by atoms with van der Waals surface area (Å²) in [5.74, 6) is 0.443. The first-order valence-corrected chi connectivity index (χ1v) is 9.42. The number of anilines is 1. The van der Waals surface area contributed by atoms with Crippen molar-refractivity contribution in [2.45, 2.75) is 39.7 Å². The van der Waals surface area contributed by atoms with Crippen molar-refractivity contribution in [3.8, 4) is 5.69 Å². The molecule has 5 nitrogen and oxygen atoms in total. The van der Waals surface area contributed by atoms with Crippen LogP contribution in [0.2, 0.25) is 0 Å². The fourth-order valence-electron chi connectivity index (χ4n) is 2.84. The van der Waals surface area contributed by atoms with Gasteiger partial charge in [0.1, 0.15) is 12.4 Å². The van der Waals surface area contributed by atoms with Crippen LogP contribution >= 0.6 is 0 Å². The smallest absolute Gasteiger partial charge is 0.251 e. The molecule has 0 spiro atoms. The Balaban J connectivity index is 1.75. The van der Waals surface area contributed by atoms with Gasteiger partial charge < -0.3 is 10.1 Å². The highest BCUT2D eigenvalue weighted by atomic mass is 16.5. The van der Waals surface area contributed by atoms with Crippen LogP contribution in [-0.4, -0.2) is 22.3 Å². The minimum absolute atomic E-state index is 0.0152. The first-order valence-electron chi connectivity index (χ1n) is 9.42. The van der Waals surface area contributed by atoms with Crippen molar-refractivity contribution >= 4 is 11.7 Å². The molecule has 3 rings (SSSR count). The molecule has 1 amide bonds. The molecule has 1 N–H and O–H groups in total. The van der Waals surface area contributed by atoms with Crippen LogP contribution < -0.4 is 5.32 Å². The third-order valence-corrected chi connectivity index (χ3v) is 4.43. The topological polar surface area (TPSA) is 56.2 Å². The fourth-order valence-corrected chi connectivity index (χ4v) is 2.84. The van der Waals surface area contributed by atoms with E-state index in [-0.39, 0.29) is 17.9 Å². The van der Waals surface area contributed by atoms with Gasteiger partial charge in [0.25, 0.3) is 5.91 Å². The highest BCUT2D eigenvalue weighted by Crippen LogP contribution is 2.27. The van der Waals surface area contributed by atoms with E-state index in [1.54, 1.807) is 4.68 Å². The van der Waals surface area contributed by atoms with Gasteiger partial charge in [-0.15, -0.1) is 0 Å². The molecule has 1 heterocycles. The SMILES string of the molecule is Cc1ccccc1-n1nc(C(C)(C)C)cc1NC(=O)COCc1ccccc1. The molecule has 3 aromatic rings. The van der Waals surface area contributed by atoms with E-state index >= 15 is 0 Å². The van der Waals surface area contributed by atoms with Crippen molar-refractivity contribution in [3.63, 3.8) is 0 Å². The molecule has 0 atom stereocenters. The van der Waals surface area contributed by atoms with E-state index in [4.69, 9.17) is 9.84 Å². The van der Waals surface area contributed by atoms with E-state index in [9.17, 15) is 4.79 Å². The van der Waals surface area contributed by atoms with E-state index in [1.807, 2.05) is 67.6 Å². The number of hydrogen-bond acceptors (Lipinski definition) is 3. The summed E-state index contributed by atoms with van der Waals surface area (Å²) >= 11 is 0. The summed E-state index contributed by atoms with van der Waals surface area (Å²) in [5, 5.41) is 7.71. The van der Waals surface area contributed by atoms with Crippen molar-refractivity contribution in [3.05, 3.63) is 77.5 Å². The highest BCUT2D eigenvalue weighted by molar-refractivity contribution is 5.91. The molecular weight excluding hydrogens is 350 g/mol. The number of nitrogens with zero attached hydrogens (tertiary/aromatic N) is 2. The van der Waals surface area contributed by atoms with Gasteiger partial charge in [-0.3, -0.25) is 4.79 Å². The van der Waals surface area contributed by atoms with E-state index in [1.165, 1.54) is 0 Å². The standard InChI is InChI=1S/C23H27N3O2/c1-17-10-8-9-13-19(17)26-21(14-20(25-26)23(2,3)4)24-22(27)16-28-15-18-11-6-5-7-12-18/h5-14H,15-16H2,1-4H3,(H,24,27). The zero-order chi connectivity index (χ0) is 20.1. The van der Waals surface area contributed by atoms with Gasteiger partial charge in [0, 0.05) is 11.5 Å². The highest BCUT2D eigenvalue weighted by Gasteiger charge is 2.22. The number of carbonyl (C=O) groups excluding carboxylic acids is 1. The van der Waals surface area contributed by atoms with Crippen molar-refractivity contribution in [1.82, 2.24) is 9.78 Å². The van der Waals surface area contributed by atoms with Gasteiger partial charge in [-0.05, 0) is 24.1 Å². The van der Waals surface area contributed by atoms with Gasteiger partial charge in [-0.1, -0.05) is 69.3 Å². The van der Waals surface area contributed by atoms with Crippen molar-refractivity contribution < 1.29 is 9.53 Å². The number of ether oxygens (including phenoxy) is 1. The van der Waals surface area contributed by atoms with Crippen molar-refractivity contribution in [2.75, 3.05) is 11.9 Å². The number of benzene rings is 2. The Morgan fingerprint density at radius 3 is 2.43 bits per heavy atom. The molecule has 0 saturated carbocycles. The zero-order valence-electron chi connectivity index (χ0n) is 16.9. The maximum atomic E-state index is 12.5. The summed E-state index contributed by atoms with van der Waals surface area (Å²) in [7, 11) is 0. The van der Waals surface area contributed by atoms with Gasteiger partial charge in [0.15, 0.2) is 0 Å². The first kappa shape index (κ1) is 19.8. The van der Waals surface area contributed by atoms with Gasteiger partial charge in [0.05, 0.1) is 18.0 Å². The number of aryl methyl sites for hydroxylation is 1. The lowest BCUT2D eigenvalue weighted by atomic mass is 9.92. The number of hydrogen-bond donors (Lipinski definition) is 1. The number of amides is 1. The molecule has 146 valence electrons. The molecular formula is C23H27N3O2. The minimum atomic E-state index is -0.203. The van der Waals surface area contributed by atoms with Crippen LogP contribution in [0.5, 0.6) is 0 Å². The molecule has 0 aliphatic rings. The second-order valence-electron chi connectivity index (χ2n) is 7.89. The van der Waals surface area contributed by atoms with Crippen LogP contribution in [0.25, 0.3) is 5.69 Å². The third kappa shape index (κ3) is 4.87. The summed E-state index contributed by atoms with van der Waals surface area (Å²) < 4.78 is 7.35. The second-order valence-corrected chi connectivity index (χ2v) is 7.89. The molecule has 0 aliphatic heterocycles. The first-order chi connectivity index (χ1) is 13.3. The van der Waals surface area contributed by atoms with Crippen LogP contribution in [0.15, 0.2) is 60.7 Å². The lowest BCUT2D eigenvalue weighted by Crippen LogP contribution is -2.20. The molecule has 0 saturated heterocycles. The van der Waals surface area contributed by atoms with Crippen LogP contribution in [0.1, 0.15) is 37.6 Å². The van der Waals surface area contributed by atoms with Crippen molar-refractivity contribution in [1.29, 1.82) is 0 Å². The monoisotopic (exact) mass is 377 g/mol. The number of nitrogens with one attached hydrogen (secondary N) is 1. The summed E-state index contributed by atoms with van der Waals surface area (Å²) in [5.41, 5.74) is 3.85. The number of rotatable bonds is 6. The normalized spacial score (nSPS) is 11.4. The molecule has 0 aliphatic carbocycles. The number of carbonyl (C=O) groups is 1. The largest absolute Gasteiger partial charge is 0.367 e. The van der Waals surface area contributed by atoms with Crippen LogP contribution in [-0.2, 0) is 21.6 Å². The molecule has 0 bridgehead atoms. The van der Waals surface area contributed by atoms with Crippen LogP contribution in [0.3, 0.4) is 0 Å². The van der Waals surface area contributed by atoms with Gasteiger partial charge in [-0.2, -0.15) is 5.10 Å². The lowest BCUT2D eigenvalue weighted by molar-refractivity contribution is -0.121.